The Morgan fingerprint density at radius 2 is 1.95 bits per heavy atom. The van der Waals surface area contributed by atoms with E-state index in [0.717, 1.165) is 0 Å². The van der Waals surface area contributed by atoms with Crippen molar-refractivity contribution < 1.29 is 0 Å². The Morgan fingerprint density at radius 1 is 1.20 bits per heavy atom. The lowest BCUT2D eigenvalue weighted by atomic mass is 9.70. The average molecular weight is 270 g/mol. The first-order valence-electron chi connectivity index (χ1n) is 7.86. The van der Waals surface area contributed by atoms with Gasteiger partial charge in [0.1, 0.15) is 0 Å². The maximum Gasteiger partial charge on any atom is 0.0343 e. The van der Waals surface area contributed by atoms with Crippen LogP contribution < -0.4 is 5.32 Å². The number of nitrogens with zero attached hydrogens (tertiary/aromatic N) is 1. The summed E-state index contributed by atoms with van der Waals surface area (Å²) < 4.78 is 0. The molecule has 0 radical (unpaired) electrons. The van der Waals surface area contributed by atoms with Crippen molar-refractivity contribution >= 4 is 11.8 Å². The zero-order valence-corrected chi connectivity index (χ0v) is 12.9. The van der Waals surface area contributed by atoms with Gasteiger partial charge in [-0.05, 0) is 74.9 Å². The number of fused-ring (bicyclic) bond motifs is 1. The summed E-state index contributed by atoms with van der Waals surface area (Å²) in [5, 5.41) is 3.23. The van der Waals surface area contributed by atoms with Crippen LogP contribution in [0.1, 0.15) is 37.8 Å². The fraction of sp³-hybridized carbons (Fsp3) is 0.556. The Labute approximate surface area is 122 Å². The third kappa shape index (κ3) is 2.49. The van der Waals surface area contributed by atoms with Crippen LogP contribution in [0.3, 0.4) is 0 Å². The van der Waals surface area contributed by atoms with Crippen LogP contribution in [0, 0.1) is 5.41 Å². The van der Waals surface area contributed by atoms with Crippen molar-refractivity contribution in [2.24, 2.45) is 5.41 Å². The second-order valence-electron chi connectivity index (χ2n) is 6.67. The third-order valence-electron chi connectivity index (χ3n) is 5.12. The van der Waals surface area contributed by atoms with Gasteiger partial charge in [0.15, 0.2) is 0 Å². The number of piperidine rings is 1. The fourth-order valence-corrected chi connectivity index (χ4v) is 3.60. The SMILES string of the molecule is CNc1ccc2c(c1)C=CC1(CCN(C(C)C)CC1)C2. The largest absolute Gasteiger partial charge is 0.388 e. The highest BCUT2D eigenvalue weighted by Gasteiger charge is 2.35. The predicted octanol–water partition coefficient (Wildman–Crippen LogP) is 3.79. The Kier molecular flexibility index (Phi) is 3.59. The van der Waals surface area contributed by atoms with E-state index in [2.05, 4.69) is 54.4 Å². The van der Waals surface area contributed by atoms with Crippen LogP contribution in [-0.2, 0) is 6.42 Å². The molecule has 0 bridgehead atoms. The molecule has 1 aliphatic carbocycles. The minimum Gasteiger partial charge on any atom is -0.388 e. The van der Waals surface area contributed by atoms with Gasteiger partial charge < -0.3 is 10.2 Å². The molecule has 0 aromatic heterocycles. The Hall–Kier alpha value is -1.28. The number of benzene rings is 1. The first-order chi connectivity index (χ1) is 9.62. The van der Waals surface area contributed by atoms with E-state index >= 15 is 0 Å². The van der Waals surface area contributed by atoms with Crippen LogP contribution in [0.2, 0.25) is 0 Å². The fourth-order valence-electron chi connectivity index (χ4n) is 3.60. The van der Waals surface area contributed by atoms with E-state index in [0.29, 0.717) is 11.5 Å². The van der Waals surface area contributed by atoms with Crippen LogP contribution in [0.25, 0.3) is 6.08 Å². The normalized spacial score (nSPS) is 21.2. The van der Waals surface area contributed by atoms with Crippen molar-refractivity contribution in [3.05, 3.63) is 35.4 Å². The van der Waals surface area contributed by atoms with Crippen molar-refractivity contribution in [3.8, 4) is 0 Å². The Morgan fingerprint density at radius 3 is 2.60 bits per heavy atom. The van der Waals surface area contributed by atoms with Gasteiger partial charge >= 0.3 is 0 Å². The maximum atomic E-state index is 3.23. The van der Waals surface area contributed by atoms with E-state index < -0.39 is 0 Å². The molecular formula is C18H26N2. The average Bonchev–Trinajstić information content (AvgIpc) is 2.47. The van der Waals surface area contributed by atoms with Crippen LogP contribution >= 0.6 is 0 Å². The molecule has 2 nitrogen and oxygen atoms in total. The smallest absolute Gasteiger partial charge is 0.0343 e. The number of likely N-dealkylation sites (tertiary alicyclic amines) is 1. The van der Waals surface area contributed by atoms with Crippen molar-refractivity contribution in [2.75, 3.05) is 25.5 Å². The van der Waals surface area contributed by atoms with E-state index in [4.69, 9.17) is 0 Å². The third-order valence-corrected chi connectivity index (χ3v) is 5.12. The van der Waals surface area contributed by atoms with Gasteiger partial charge in [0.25, 0.3) is 0 Å². The highest BCUT2D eigenvalue weighted by Crippen LogP contribution is 2.41. The molecule has 0 unspecified atom stereocenters. The second kappa shape index (κ2) is 5.25. The highest BCUT2D eigenvalue weighted by atomic mass is 15.2. The molecule has 1 aromatic carbocycles. The molecule has 1 saturated heterocycles. The van der Waals surface area contributed by atoms with Crippen LogP contribution in [0.15, 0.2) is 24.3 Å². The number of hydrogen-bond donors (Lipinski definition) is 1. The van der Waals surface area contributed by atoms with E-state index in [-0.39, 0.29) is 0 Å². The van der Waals surface area contributed by atoms with Gasteiger partial charge in [0.2, 0.25) is 0 Å². The lowest BCUT2D eigenvalue weighted by molar-refractivity contribution is 0.112. The summed E-state index contributed by atoms with van der Waals surface area (Å²) in [6.45, 7) is 7.10. The summed E-state index contributed by atoms with van der Waals surface area (Å²) in [6, 6.07) is 7.46. The lowest BCUT2D eigenvalue weighted by Crippen LogP contribution is -2.43. The van der Waals surface area contributed by atoms with Crippen molar-refractivity contribution in [3.63, 3.8) is 0 Å². The standard InChI is InChI=1S/C18H26N2/c1-14(2)20-10-8-18(9-11-20)7-6-15-12-17(19-3)5-4-16(15)13-18/h4-7,12,14,19H,8-11,13H2,1-3H3. The Bertz CT molecular complexity index is 508. The number of hydrogen-bond acceptors (Lipinski definition) is 2. The van der Waals surface area contributed by atoms with Gasteiger partial charge in [-0.2, -0.15) is 0 Å². The topological polar surface area (TPSA) is 15.3 Å². The van der Waals surface area contributed by atoms with Gasteiger partial charge in [0, 0.05) is 18.8 Å². The summed E-state index contributed by atoms with van der Waals surface area (Å²) in [7, 11) is 1.98. The molecule has 0 amide bonds. The molecule has 1 aliphatic heterocycles. The van der Waals surface area contributed by atoms with Gasteiger partial charge in [-0.3, -0.25) is 0 Å². The maximum absolute atomic E-state index is 3.23. The molecule has 2 aliphatic rings. The zero-order chi connectivity index (χ0) is 14.2. The molecule has 1 spiro atoms. The molecule has 1 fully saturated rings. The number of anilines is 1. The van der Waals surface area contributed by atoms with E-state index in [9.17, 15) is 0 Å². The molecular weight excluding hydrogens is 244 g/mol. The minimum atomic E-state index is 0.416. The summed E-state index contributed by atoms with van der Waals surface area (Å²) in [5.74, 6) is 0. The van der Waals surface area contributed by atoms with E-state index in [1.807, 2.05) is 7.05 Å². The monoisotopic (exact) mass is 270 g/mol. The van der Waals surface area contributed by atoms with Gasteiger partial charge in [-0.25, -0.2) is 0 Å². The van der Waals surface area contributed by atoms with E-state index in [1.165, 1.54) is 49.2 Å². The first kappa shape index (κ1) is 13.7. The van der Waals surface area contributed by atoms with Crippen molar-refractivity contribution in [2.45, 2.75) is 39.2 Å². The van der Waals surface area contributed by atoms with Gasteiger partial charge in [-0.1, -0.05) is 18.2 Å². The molecule has 3 rings (SSSR count). The van der Waals surface area contributed by atoms with Crippen LogP contribution in [-0.4, -0.2) is 31.1 Å². The molecule has 2 heteroatoms. The minimum absolute atomic E-state index is 0.416. The number of allylic oxidation sites excluding steroid dienone is 1. The van der Waals surface area contributed by atoms with Gasteiger partial charge in [0.05, 0.1) is 0 Å². The first-order valence-corrected chi connectivity index (χ1v) is 7.86. The number of rotatable bonds is 2. The lowest BCUT2D eigenvalue weighted by Gasteiger charge is -2.43. The summed E-state index contributed by atoms with van der Waals surface area (Å²) in [4.78, 5) is 2.61. The van der Waals surface area contributed by atoms with Gasteiger partial charge in [-0.15, -0.1) is 0 Å². The molecule has 1 N–H and O–H groups in total. The van der Waals surface area contributed by atoms with Crippen molar-refractivity contribution in [1.82, 2.24) is 4.90 Å². The van der Waals surface area contributed by atoms with Crippen LogP contribution in [0.4, 0.5) is 5.69 Å². The Balaban J connectivity index is 1.77. The molecule has 0 saturated carbocycles. The summed E-state index contributed by atoms with van der Waals surface area (Å²) in [5.41, 5.74) is 4.54. The van der Waals surface area contributed by atoms with Crippen molar-refractivity contribution in [1.29, 1.82) is 0 Å². The quantitative estimate of drug-likeness (QED) is 0.879. The predicted molar refractivity (Wildman–Crippen MR) is 87.1 cm³/mol. The second-order valence-corrected chi connectivity index (χ2v) is 6.67. The number of nitrogens with one attached hydrogen (secondary N) is 1. The highest BCUT2D eigenvalue weighted by molar-refractivity contribution is 5.63. The zero-order valence-electron chi connectivity index (χ0n) is 12.9. The molecule has 1 heterocycles. The summed E-state index contributed by atoms with van der Waals surface area (Å²) >= 11 is 0. The summed E-state index contributed by atoms with van der Waals surface area (Å²) in [6.07, 6.45) is 8.66. The molecule has 1 aromatic rings. The molecule has 20 heavy (non-hydrogen) atoms. The molecule has 108 valence electrons. The van der Waals surface area contributed by atoms with E-state index in [1.54, 1.807) is 0 Å². The molecule has 0 atom stereocenters. The van der Waals surface area contributed by atoms with Crippen LogP contribution in [0.5, 0.6) is 0 Å².